The molecule has 0 aliphatic carbocycles. The molecule has 54 heavy (non-hydrogen) atoms. The van der Waals surface area contributed by atoms with Gasteiger partial charge in [-0.05, 0) is 85.5 Å². The smallest absolute Gasteiger partial charge is 0.169 e. The molecule has 268 valence electrons. The van der Waals surface area contributed by atoms with Crippen LogP contribution in [0.25, 0.3) is 33.4 Å². The Labute approximate surface area is 314 Å². The predicted octanol–water partition coefficient (Wildman–Crippen LogP) is 14.1. The summed E-state index contributed by atoms with van der Waals surface area (Å²) in [5.74, 6) is -0.486. The summed E-state index contributed by atoms with van der Waals surface area (Å²) in [6.45, 7) is 0. The first-order valence-corrected chi connectivity index (χ1v) is 18.3. The molecular formula is C47H32F6S. The van der Waals surface area contributed by atoms with Crippen LogP contribution >= 0.6 is 11.8 Å². The maximum atomic E-state index is 16.2. The maximum Gasteiger partial charge on any atom is 0.411 e. The summed E-state index contributed by atoms with van der Waals surface area (Å²) in [4.78, 5) is -0.00686. The third-order valence-electron chi connectivity index (χ3n) is 10.2. The number of halogens is 6. The number of rotatable bonds is 7. The number of hydrogen-bond donors (Lipinski definition) is 0. The van der Waals surface area contributed by atoms with Crippen molar-refractivity contribution in [3.63, 3.8) is 0 Å². The first-order valence-electron chi connectivity index (χ1n) is 17.5. The maximum absolute atomic E-state index is 16.2. The van der Waals surface area contributed by atoms with Crippen LogP contribution in [0.4, 0.5) is 26.3 Å². The topological polar surface area (TPSA) is 0 Å². The van der Waals surface area contributed by atoms with Crippen molar-refractivity contribution in [3.05, 3.63) is 210 Å². The Balaban J connectivity index is 1.41. The Hall–Kier alpha value is -5.53. The molecular weight excluding hydrogens is 711 g/mol. The van der Waals surface area contributed by atoms with Gasteiger partial charge in [0.25, 0.3) is 0 Å². The van der Waals surface area contributed by atoms with Crippen LogP contribution in [0.15, 0.2) is 187 Å². The van der Waals surface area contributed by atoms with Crippen LogP contribution in [0.5, 0.6) is 0 Å². The van der Waals surface area contributed by atoms with Crippen molar-refractivity contribution < 1.29 is 26.3 Å². The van der Waals surface area contributed by atoms with Gasteiger partial charge in [0.2, 0.25) is 5.41 Å². The third-order valence-corrected chi connectivity index (χ3v) is 11.7. The first-order chi connectivity index (χ1) is 26.1. The zero-order chi connectivity index (χ0) is 37.5. The molecule has 1 heterocycles. The van der Waals surface area contributed by atoms with E-state index < -0.39 is 40.1 Å². The van der Waals surface area contributed by atoms with Crippen molar-refractivity contribution in [1.29, 1.82) is 0 Å². The standard InChI is InChI=1S/C47H32F6S/c48-46(49,50)45(47(51,52)53,41-26-14-25-40-42(33-19-9-3-10-20-33)43(54-44(40)41)34-21-11-4-12-22-34)39-29-37(32-17-7-2-8-18-32)28-38(30-39)36-24-13-23-35(27-36)31-15-5-1-6-16-31/h1-30,42-43H. The van der Waals surface area contributed by atoms with Crippen molar-refractivity contribution in [2.24, 2.45) is 0 Å². The molecule has 7 aromatic rings. The highest BCUT2D eigenvalue weighted by molar-refractivity contribution is 8.00. The zero-order valence-corrected chi connectivity index (χ0v) is 29.5. The Kier molecular flexibility index (Phi) is 9.22. The second-order valence-corrected chi connectivity index (χ2v) is 14.6. The Bertz CT molecular complexity index is 2370. The van der Waals surface area contributed by atoms with Crippen LogP contribution in [-0.4, -0.2) is 12.4 Å². The summed E-state index contributed by atoms with van der Waals surface area (Å²) < 4.78 is 97.1. The van der Waals surface area contributed by atoms with Crippen molar-refractivity contribution in [1.82, 2.24) is 0 Å². The largest absolute Gasteiger partial charge is 0.411 e. The fraction of sp³-hybridized carbons (Fsp3) is 0.106. The molecule has 0 radical (unpaired) electrons. The third kappa shape index (κ3) is 6.20. The van der Waals surface area contributed by atoms with E-state index in [0.717, 1.165) is 52.2 Å². The van der Waals surface area contributed by atoms with Gasteiger partial charge in [-0.1, -0.05) is 158 Å². The fourth-order valence-corrected chi connectivity index (χ4v) is 9.43. The van der Waals surface area contributed by atoms with Crippen molar-refractivity contribution in [2.75, 3.05) is 0 Å². The Morgan fingerprint density at radius 1 is 0.389 bits per heavy atom. The minimum atomic E-state index is -5.79. The van der Waals surface area contributed by atoms with E-state index in [1.165, 1.54) is 6.07 Å². The molecule has 0 saturated heterocycles. The minimum Gasteiger partial charge on any atom is -0.169 e. The van der Waals surface area contributed by atoms with E-state index in [-0.39, 0.29) is 16.0 Å². The van der Waals surface area contributed by atoms with E-state index in [4.69, 9.17) is 0 Å². The van der Waals surface area contributed by atoms with Crippen LogP contribution < -0.4 is 0 Å². The molecule has 7 aromatic carbocycles. The summed E-state index contributed by atoms with van der Waals surface area (Å²) in [6.07, 6.45) is -11.6. The van der Waals surface area contributed by atoms with Gasteiger partial charge in [-0.25, -0.2) is 0 Å². The monoisotopic (exact) mass is 742 g/mol. The van der Waals surface area contributed by atoms with Crippen molar-refractivity contribution in [2.45, 2.75) is 33.8 Å². The van der Waals surface area contributed by atoms with Gasteiger partial charge in [0.05, 0.1) is 0 Å². The lowest BCUT2D eigenvalue weighted by atomic mass is 9.70. The minimum absolute atomic E-state index is 0.00686. The highest BCUT2D eigenvalue weighted by Crippen LogP contribution is 2.64. The molecule has 1 aliphatic rings. The highest BCUT2D eigenvalue weighted by Gasteiger charge is 2.73. The molecule has 0 amide bonds. The molecule has 0 fully saturated rings. The van der Waals surface area contributed by atoms with Gasteiger partial charge >= 0.3 is 12.4 Å². The molecule has 0 saturated carbocycles. The summed E-state index contributed by atoms with van der Waals surface area (Å²) in [6, 6.07) is 51.5. The van der Waals surface area contributed by atoms with Gasteiger partial charge in [-0.15, -0.1) is 11.8 Å². The fourth-order valence-electron chi connectivity index (χ4n) is 7.77. The number of hydrogen-bond acceptors (Lipinski definition) is 1. The number of alkyl halides is 6. The van der Waals surface area contributed by atoms with Crippen LogP contribution in [0.2, 0.25) is 0 Å². The first kappa shape index (κ1) is 35.5. The van der Waals surface area contributed by atoms with E-state index in [0.29, 0.717) is 16.7 Å². The van der Waals surface area contributed by atoms with E-state index in [1.54, 1.807) is 60.7 Å². The summed E-state index contributed by atoms with van der Waals surface area (Å²) in [7, 11) is 0. The van der Waals surface area contributed by atoms with E-state index in [1.807, 2.05) is 97.1 Å². The van der Waals surface area contributed by atoms with Crippen LogP contribution in [-0.2, 0) is 5.41 Å². The Morgan fingerprint density at radius 3 is 1.37 bits per heavy atom. The summed E-state index contributed by atoms with van der Waals surface area (Å²) >= 11 is 1.07. The SMILES string of the molecule is FC(F)(F)C(c1cc(-c2ccccc2)cc(-c2cccc(-c3ccccc3)c2)c1)(c1cccc2c1SC(c1ccccc1)C2c1ccccc1)C(F)(F)F. The molecule has 0 N–H and O–H groups in total. The average Bonchev–Trinajstić information content (AvgIpc) is 3.59. The highest BCUT2D eigenvalue weighted by atomic mass is 32.2. The lowest BCUT2D eigenvalue weighted by Gasteiger charge is -2.39. The molecule has 2 unspecified atom stereocenters. The molecule has 0 bridgehead atoms. The molecule has 8 rings (SSSR count). The molecule has 0 spiro atoms. The molecule has 1 aliphatic heterocycles. The number of thioether (sulfide) groups is 1. The molecule has 7 heteroatoms. The quantitative estimate of drug-likeness (QED) is 0.147. The van der Waals surface area contributed by atoms with Gasteiger partial charge in [-0.2, -0.15) is 26.3 Å². The summed E-state index contributed by atoms with van der Waals surface area (Å²) in [5.41, 5.74) is -0.884. The van der Waals surface area contributed by atoms with E-state index in [2.05, 4.69) is 0 Å². The van der Waals surface area contributed by atoms with Gasteiger partial charge in [0.1, 0.15) is 0 Å². The lowest BCUT2D eigenvalue weighted by molar-refractivity contribution is -0.289. The van der Waals surface area contributed by atoms with Gasteiger partial charge in [-0.3, -0.25) is 0 Å². The van der Waals surface area contributed by atoms with Gasteiger partial charge < -0.3 is 0 Å². The van der Waals surface area contributed by atoms with Crippen molar-refractivity contribution in [3.8, 4) is 33.4 Å². The van der Waals surface area contributed by atoms with Crippen LogP contribution in [0, 0.1) is 0 Å². The number of fused-ring (bicyclic) bond motifs is 1. The molecule has 2 atom stereocenters. The lowest BCUT2D eigenvalue weighted by Crippen LogP contribution is -2.55. The van der Waals surface area contributed by atoms with Crippen LogP contribution in [0.1, 0.15) is 39.0 Å². The van der Waals surface area contributed by atoms with E-state index >= 15 is 26.3 Å². The average molecular weight is 743 g/mol. The Morgan fingerprint density at radius 2 is 0.815 bits per heavy atom. The number of benzene rings is 7. The van der Waals surface area contributed by atoms with Gasteiger partial charge in [0, 0.05) is 16.1 Å². The molecule has 0 nitrogen and oxygen atoms in total. The van der Waals surface area contributed by atoms with Crippen molar-refractivity contribution >= 4 is 11.8 Å². The summed E-state index contributed by atoms with van der Waals surface area (Å²) in [5, 5.41) is -0.462. The normalized spacial score (nSPS) is 15.9. The predicted molar refractivity (Wildman–Crippen MR) is 205 cm³/mol. The second kappa shape index (κ2) is 14.0. The van der Waals surface area contributed by atoms with E-state index in [9.17, 15) is 0 Å². The van der Waals surface area contributed by atoms with Gasteiger partial charge in [0.15, 0.2) is 0 Å². The zero-order valence-electron chi connectivity index (χ0n) is 28.7. The molecule has 0 aromatic heterocycles. The van der Waals surface area contributed by atoms with Crippen LogP contribution in [0.3, 0.4) is 0 Å². The second-order valence-electron chi connectivity index (χ2n) is 13.4.